The number of nitrogens with one attached hydrogen (secondary N) is 1. The third-order valence-corrected chi connectivity index (χ3v) is 6.19. The van der Waals surface area contributed by atoms with Gasteiger partial charge in [-0.2, -0.15) is 0 Å². The summed E-state index contributed by atoms with van der Waals surface area (Å²) in [5.41, 5.74) is 7.58. The van der Waals surface area contributed by atoms with Gasteiger partial charge in [0.15, 0.2) is 0 Å². The van der Waals surface area contributed by atoms with Gasteiger partial charge in [-0.25, -0.2) is 9.37 Å². The molecule has 3 aromatic rings. The molecule has 1 unspecified atom stereocenters. The molecule has 0 saturated carbocycles. The number of aromatic nitrogens is 4. The molecule has 0 spiro atoms. The molecule has 4 rings (SSSR count). The Bertz CT molecular complexity index is 1290. The molecule has 6 nitrogen and oxygen atoms in total. The average molecular weight is 446 g/mol. The molecule has 1 aliphatic rings. The summed E-state index contributed by atoms with van der Waals surface area (Å²) in [4.78, 5) is 30.3. The topological polar surface area (TPSA) is 74.8 Å². The number of hydrogen-bond donors (Lipinski definition) is 1. The van der Waals surface area contributed by atoms with Gasteiger partial charge in [-0.15, -0.1) is 0 Å². The first kappa shape index (κ1) is 22.6. The Labute approximate surface area is 193 Å². The van der Waals surface area contributed by atoms with E-state index in [1.54, 1.807) is 0 Å². The van der Waals surface area contributed by atoms with Crippen LogP contribution in [0.4, 0.5) is 4.39 Å². The van der Waals surface area contributed by atoms with E-state index in [1.807, 2.05) is 39.2 Å². The highest BCUT2D eigenvalue weighted by Gasteiger charge is 2.21. The highest BCUT2D eigenvalue weighted by molar-refractivity contribution is 5.66. The fraction of sp³-hybridized carbons (Fsp3) is 0.308. The number of pyridine rings is 2. The van der Waals surface area contributed by atoms with Crippen molar-refractivity contribution in [3.05, 3.63) is 93.3 Å². The minimum Gasteiger partial charge on any atom is -0.367 e. The zero-order valence-corrected chi connectivity index (χ0v) is 19.4. The SMILES string of the molecule is C=C(/C(C)=C(/C)c1nc(C(C)F)cc(=O)[nH]1)N1CCc2ncc(-c3ccc(C)nc3)cc2C1. The van der Waals surface area contributed by atoms with E-state index < -0.39 is 6.17 Å². The molecule has 1 N–H and O–H groups in total. The molecule has 0 radical (unpaired) electrons. The second-order valence-corrected chi connectivity index (χ2v) is 8.52. The predicted octanol–water partition coefficient (Wildman–Crippen LogP) is 4.93. The molecular weight excluding hydrogens is 417 g/mol. The van der Waals surface area contributed by atoms with Crippen LogP contribution in [0.3, 0.4) is 0 Å². The van der Waals surface area contributed by atoms with Crippen LogP contribution in [0.1, 0.15) is 55.4 Å². The minimum absolute atomic E-state index is 0.127. The summed E-state index contributed by atoms with van der Waals surface area (Å²) >= 11 is 0. The summed E-state index contributed by atoms with van der Waals surface area (Å²) in [5, 5.41) is 0. The minimum atomic E-state index is -1.31. The van der Waals surface area contributed by atoms with Gasteiger partial charge in [-0.05, 0) is 56.5 Å². The molecule has 170 valence electrons. The first-order valence-corrected chi connectivity index (χ1v) is 11.0. The molecule has 7 heteroatoms. The normalized spacial score (nSPS) is 15.0. The van der Waals surface area contributed by atoms with Crippen molar-refractivity contribution in [2.75, 3.05) is 6.54 Å². The van der Waals surface area contributed by atoms with Gasteiger partial charge in [-0.1, -0.05) is 12.6 Å². The van der Waals surface area contributed by atoms with E-state index in [2.05, 4.69) is 38.6 Å². The van der Waals surface area contributed by atoms with Gasteiger partial charge in [0.1, 0.15) is 12.0 Å². The Morgan fingerprint density at radius 1 is 1.18 bits per heavy atom. The van der Waals surface area contributed by atoms with Crippen molar-refractivity contribution in [3.8, 4) is 11.1 Å². The van der Waals surface area contributed by atoms with Crippen LogP contribution in [0, 0.1) is 6.92 Å². The Morgan fingerprint density at radius 2 is 1.94 bits per heavy atom. The molecule has 0 fully saturated rings. The van der Waals surface area contributed by atoms with E-state index in [-0.39, 0.29) is 11.3 Å². The Hall–Kier alpha value is -3.61. The van der Waals surface area contributed by atoms with Crippen LogP contribution in [0.5, 0.6) is 0 Å². The number of H-pyrrole nitrogens is 1. The highest BCUT2D eigenvalue weighted by Crippen LogP contribution is 2.29. The van der Waals surface area contributed by atoms with Gasteiger partial charge in [0.05, 0.1) is 5.69 Å². The van der Waals surface area contributed by atoms with Crippen molar-refractivity contribution in [2.24, 2.45) is 0 Å². The monoisotopic (exact) mass is 445 g/mol. The van der Waals surface area contributed by atoms with Crippen LogP contribution in [0.15, 0.2) is 59.3 Å². The van der Waals surface area contributed by atoms with Crippen LogP contribution >= 0.6 is 0 Å². The van der Waals surface area contributed by atoms with Crippen LogP contribution in [-0.2, 0) is 13.0 Å². The number of aryl methyl sites for hydroxylation is 1. The number of hydrogen-bond acceptors (Lipinski definition) is 5. The number of nitrogens with zero attached hydrogens (tertiary/aromatic N) is 4. The van der Waals surface area contributed by atoms with E-state index in [1.165, 1.54) is 13.0 Å². The molecule has 0 bridgehead atoms. The molecule has 33 heavy (non-hydrogen) atoms. The maximum Gasteiger partial charge on any atom is 0.251 e. The molecule has 4 heterocycles. The summed E-state index contributed by atoms with van der Waals surface area (Å²) in [5.74, 6) is 0.369. The van der Waals surface area contributed by atoms with Crippen molar-refractivity contribution in [1.82, 2.24) is 24.8 Å². The van der Waals surface area contributed by atoms with Gasteiger partial charge >= 0.3 is 0 Å². The molecule has 1 atom stereocenters. The molecule has 0 aromatic carbocycles. The Kier molecular flexibility index (Phi) is 6.22. The number of alkyl halides is 1. The van der Waals surface area contributed by atoms with Gasteiger partial charge in [0.2, 0.25) is 0 Å². The van der Waals surface area contributed by atoms with Gasteiger partial charge in [-0.3, -0.25) is 14.8 Å². The fourth-order valence-electron chi connectivity index (χ4n) is 3.94. The largest absolute Gasteiger partial charge is 0.367 e. The number of fused-ring (bicyclic) bond motifs is 1. The van der Waals surface area contributed by atoms with Crippen LogP contribution in [-0.4, -0.2) is 31.4 Å². The fourth-order valence-corrected chi connectivity index (χ4v) is 3.94. The molecule has 0 amide bonds. The molecule has 0 saturated heterocycles. The number of rotatable bonds is 5. The predicted molar refractivity (Wildman–Crippen MR) is 128 cm³/mol. The number of halogens is 1. The van der Waals surface area contributed by atoms with E-state index in [0.717, 1.165) is 57.9 Å². The lowest BCUT2D eigenvalue weighted by atomic mass is 9.99. The molecular formula is C26H28FN5O. The third kappa shape index (κ3) is 4.77. The summed E-state index contributed by atoms with van der Waals surface area (Å²) < 4.78 is 13.8. The van der Waals surface area contributed by atoms with Crippen LogP contribution < -0.4 is 5.56 Å². The number of aromatic amines is 1. The maximum atomic E-state index is 13.8. The van der Waals surface area contributed by atoms with Crippen molar-refractivity contribution in [3.63, 3.8) is 0 Å². The molecule has 0 aliphatic carbocycles. The summed E-state index contributed by atoms with van der Waals surface area (Å²) in [7, 11) is 0. The smallest absolute Gasteiger partial charge is 0.251 e. The summed E-state index contributed by atoms with van der Waals surface area (Å²) in [6.45, 7) is 12.9. The zero-order chi connectivity index (χ0) is 23.7. The summed E-state index contributed by atoms with van der Waals surface area (Å²) in [6.07, 6.45) is 3.28. The van der Waals surface area contributed by atoms with E-state index in [9.17, 15) is 9.18 Å². The van der Waals surface area contributed by atoms with Crippen molar-refractivity contribution < 1.29 is 4.39 Å². The lowest BCUT2D eigenvalue weighted by Gasteiger charge is -2.32. The second-order valence-electron chi connectivity index (χ2n) is 8.52. The molecule has 1 aliphatic heterocycles. The highest BCUT2D eigenvalue weighted by atomic mass is 19.1. The van der Waals surface area contributed by atoms with E-state index >= 15 is 0 Å². The molecule has 3 aromatic heterocycles. The van der Waals surface area contributed by atoms with Gasteiger partial charge in [0, 0.05) is 66.2 Å². The van der Waals surface area contributed by atoms with Crippen LogP contribution in [0.2, 0.25) is 0 Å². The summed E-state index contributed by atoms with van der Waals surface area (Å²) in [6, 6.07) is 7.42. The standard InChI is InChI=1S/C26H28FN5O/c1-15-6-7-20(12-28-15)21-10-22-14-32(9-8-23(22)29-13-21)19(5)16(2)17(3)26-30-24(18(4)27)11-25(33)31-26/h6-7,10-13,18H,5,8-9,14H2,1-4H3,(H,30,31,33)/b17-16-. The van der Waals surface area contributed by atoms with Gasteiger partial charge in [0.25, 0.3) is 5.56 Å². The first-order chi connectivity index (χ1) is 15.7. The Balaban J connectivity index is 1.60. The lowest BCUT2D eigenvalue weighted by Crippen LogP contribution is -2.30. The zero-order valence-electron chi connectivity index (χ0n) is 19.4. The quantitative estimate of drug-likeness (QED) is 0.564. The average Bonchev–Trinajstić information content (AvgIpc) is 2.82. The van der Waals surface area contributed by atoms with Crippen LogP contribution in [0.25, 0.3) is 16.7 Å². The van der Waals surface area contributed by atoms with Crippen molar-refractivity contribution >= 4 is 5.57 Å². The number of allylic oxidation sites excluding steroid dienone is 2. The second kappa shape index (κ2) is 9.10. The van der Waals surface area contributed by atoms with Crippen molar-refractivity contribution in [1.29, 1.82) is 0 Å². The third-order valence-electron chi connectivity index (χ3n) is 6.19. The van der Waals surface area contributed by atoms with E-state index in [0.29, 0.717) is 12.4 Å². The van der Waals surface area contributed by atoms with Crippen molar-refractivity contribution in [2.45, 2.75) is 46.8 Å². The Morgan fingerprint density at radius 3 is 2.64 bits per heavy atom. The van der Waals surface area contributed by atoms with Gasteiger partial charge < -0.3 is 9.88 Å². The first-order valence-electron chi connectivity index (χ1n) is 11.0. The lowest BCUT2D eigenvalue weighted by molar-refractivity contribution is 0.326. The van der Waals surface area contributed by atoms with E-state index in [4.69, 9.17) is 4.98 Å². The maximum absolute atomic E-state index is 13.8.